The molecule has 0 aliphatic rings. The minimum atomic E-state index is 0. The Kier molecular flexibility index (Phi) is 7.18. The molecule has 0 fully saturated rings. The van der Waals surface area contributed by atoms with Crippen LogP contribution in [0.3, 0.4) is 0 Å². The second-order valence-corrected chi connectivity index (χ2v) is 3.33. The number of hydrogen-bond donors (Lipinski definition) is 2. The summed E-state index contributed by atoms with van der Waals surface area (Å²) < 4.78 is 5.13. The fraction of sp³-hybridized carbons (Fsp3) is 0.273. The predicted molar refractivity (Wildman–Crippen MR) is 58.8 cm³/mol. The molecule has 0 spiro atoms. The maximum Gasteiger partial charge on any atom is 0.180 e. The van der Waals surface area contributed by atoms with Gasteiger partial charge in [-0.15, -0.1) is 11.6 Å². The zero-order valence-corrected chi connectivity index (χ0v) is 12.2. The maximum absolute atomic E-state index is 6.80. The zero-order valence-electron chi connectivity index (χ0n) is 9.40. The summed E-state index contributed by atoms with van der Waals surface area (Å²) in [5.41, 5.74) is 6.47. The number of nitrogens with two attached hydrogens (primary N) is 1. The monoisotopic (exact) mass is 293 g/mol. The molecule has 5 heteroatoms. The van der Waals surface area contributed by atoms with E-state index in [9.17, 15) is 0 Å². The second kappa shape index (κ2) is 7.52. The van der Waals surface area contributed by atoms with E-state index < -0.39 is 0 Å². The van der Waals surface area contributed by atoms with E-state index in [0.29, 0.717) is 11.8 Å². The standard InChI is InChI=1S/C11H14N3O.Y/c1-8(2)9-3-4-11(14-7-9)15-10(13)5-6-12;/h4-8,12H,13H2,1-2H3;/q-1;/b10-5+,12-6?;. The van der Waals surface area contributed by atoms with Crippen LogP contribution in [0, 0.1) is 11.5 Å². The Morgan fingerprint density at radius 1 is 1.62 bits per heavy atom. The summed E-state index contributed by atoms with van der Waals surface area (Å²) >= 11 is 0. The Morgan fingerprint density at radius 2 is 2.31 bits per heavy atom. The third-order valence-electron chi connectivity index (χ3n) is 1.79. The normalized spacial score (nSPS) is 10.8. The Labute approximate surface area is 121 Å². The average molecular weight is 293 g/mol. The number of hydrogen-bond acceptors (Lipinski definition) is 4. The first-order chi connectivity index (χ1) is 7.13. The van der Waals surface area contributed by atoms with Gasteiger partial charge in [0.1, 0.15) is 5.88 Å². The molecular formula is C11H14N3OY-. The average Bonchev–Trinajstić information content (AvgIpc) is 2.18. The van der Waals surface area contributed by atoms with Gasteiger partial charge >= 0.3 is 0 Å². The molecule has 0 aromatic carbocycles. The van der Waals surface area contributed by atoms with E-state index in [2.05, 4.69) is 24.9 Å². The van der Waals surface area contributed by atoms with Crippen LogP contribution < -0.4 is 10.5 Å². The van der Waals surface area contributed by atoms with Gasteiger partial charge in [0.05, 0.1) is 0 Å². The Balaban J connectivity index is 0.00000225. The van der Waals surface area contributed by atoms with E-state index in [0.717, 1.165) is 11.8 Å². The molecule has 0 aliphatic carbocycles. The molecule has 1 rings (SSSR count). The SMILES string of the molecule is CC(C)c1[c-]cc(O/C(N)=C/C=N)nc1.[Y]. The summed E-state index contributed by atoms with van der Waals surface area (Å²) in [5.74, 6) is 0.916. The number of rotatable bonds is 4. The van der Waals surface area contributed by atoms with Gasteiger partial charge in [-0.05, 0) is 5.92 Å². The fourth-order valence-electron chi connectivity index (χ4n) is 0.961. The third kappa shape index (κ3) is 4.86. The Hall–Kier alpha value is -0.736. The maximum atomic E-state index is 6.80. The molecule has 1 radical (unpaired) electrons. The van der Waals surface area contributed by atoms with Crippen molar-refractivity contribution in [2.24, 2.45) is 5.73 Å². The molecule has 0 bridgehead atoms. The van der Waals surface area contributed by atoms with Gasteiger partial charge < -0.3 is 20.9 Å². The van der Waals surface area contributed by atoms with Crippen LogP contribution in [0.2, 0.25) is 0 Å². The predicted octanol–water partition coefficient (Wildman–Crippen LogP) is 1.83. The molecule has 1 heterocycles. The Bertz CT molecular complexity index is 360. The first-order valence-electron chi connectivity index (χ1n) is 4.65. The van der Waals surface area contributed by atoms with Crippen molar-refractivity contribution in [1.29, 1.82) is 5.41 Å². The van der Waals surface area contributed by atoms with Crippen LogP contribution in [0.15, 0.2) is 24.2 Å². The van der Waals surface area contributed by atoms with Gasteiger partial charge in [0.15, 0.2) is 5.88 Å². The summed E-state index contributed by atoms with van der Waals surface area (Å²) in [7, 11) is 0. The minimum absolute atomic E-state index is 0. The minimum Gasteiger partial charge on any atom is -0.486 e. The van der Waals surface area contributed by atoms with Crippen LogP contribution in [0.25, 0.3) is 0 Å². The molecular weight excluding hydrogens is 279 g/mol. The summed E-state index contributed by atoms with van der Waals surface area (Å²) in [6.45, 7) is 4.13. The van der Waals surface area contributed by atoms with Crippen LogP contribution in [0.5, 0.6) is 5.88 Å². The van der Waals surface area contributed by atoms with E-state index in [1.807, 2.05) is 0 Å². The molecule has 0 saturated carbocycles. The van der Waals surface area contributed by atoms with Crippen molar-refractivity contribution in [1.82, 2.24) is 4.98 Å². The molecule has 3 N–H and O–H groups in total. The van der Waals surface area contributed by atoms with Gasteiger partial charge in [-0.3, -0.25) is 0 Å². The molecule has 0 aliphatic heterocycles. The first kappa shape index (κ1) is 15.3. The van der Waals surface area contributed by atoms with Crippen LogP contribution in [0.1, 0.15) is 25.3 Å². The number of nitrogens with zero attached hydrogens (tertiary/aromatic N) is 1. The molecule has 1 aromatic heterocycles. The van der Waals surface area contributed by atoms with Gasteiger partial charge in [0, 0.05) is 45.0 Å². The van der Waals surface area contributed by atoms with Crippen molar-refractivity contribution in [3.8, 4) is 5.88 Å². The van der Waals surface area contributed by atoms with Crippen LogP contribution in [-0.4, -0.2) is 11.2 Å². The molecule has 1 aromatic rings. The smallest absolute Gasteiger partial charge is 0.180 e. The van der Waals surface area contributed by atoms with E-state index in [4.69, 9.17) is 15.9 Å². The Morgan fingerprint density at radius 3 is 2.75 bits per heavy atom. The van der Waals surface area contributed by atoms with E-state index in [1.165, 1.54) is 6.08 Å². The number of ether oxygens (including phenoxy) is 1. The van der Waals surface area contributed by atoms with Gasteiger partial charge in [0.25, 0.3) is 0 Å². The van der Waals surface area contributed by atoms with E-state index in [-0.39, 0.29) is 38.6 Å². The molecule has 4 nitrogen and oxygen atoms in total. The van der Waals surface area contributed by atoms with Crippen LogP contribution >= 0.6 is 0 Å². The van der Waals surface area contributed by atoms with E-state index in [1.54, 1.807) is 12.3 Å². The molecule has 16 heavy (non-hydrogen) atoms. The molecule has 0 atom stereocenters. The van der Waals surface area contributed by atoms with Crippen LogP contribution in [0.4, 0.5) is 0 Å². The quantitative estimate of drug-likeness (QED) is 0.505. The number of pyridine rings is 1. The van der Waals surface area contributed by atoms with Crippen molar-refractivity contribution in [2.75, 3.05) is 0 Å². The van der Waals surface area contributed by atoms with Crippen molar-refractivity contribution >= 4 is 6.21 Å². The number of nitrogens with one attached hydrogen (secondary N) is 1. The summed E-state index contributed by atoms with van der Waals surface area (Å²) in [5, 5.41) is 6.80. The van der Waals surface area contributed by atoms with Gasteiger partial charge in [0.2, 0.25) is 0 Å². The number of aromatic nitrogens is 1. The van der Waals surface area contributed by atoms with E-state index >= 15 is 0 Å². The van der Waals surface area contributed by atoms with Crippen molar-refractivity contribution in [3.05, 3.63) is 35.9 Å². The fourth-order valence-corrected chi connectivity index (χ4v) is 0.961. The summed E-state index contributed by atoms with van der Waals surface area (Å²) in [6.07, 6.45) is 4.11. The topological polar surface area (TPSA) is 72.0 Å². The molecule has 0 amide bonds. The number of allylic oxidation sites excluding steroid dienone is 1. The largest absolute Gasteiger partial charge is 0.486 e. The van der Waals surface area contributed by atoms with Gasteiger partial charge in [-0.1, -0.05) is 20.0 Å². The van der Waals surface area contributed by atoms with Crippen molar-refractivity contribution in [2.45, 2.75) is 19.8 Å². The molecule has 0 unspecified atom stereocenters. The summed E-state index contributed by atoms with van der Waals surface area (Å²) in [6, 6.07) is 4.70. The van der Waals surface area contributed by atoms with Crippen LogP contribution in [-0.2, 0) is 32.7 Å². The molecule has 83 valence electrons. The van der Waals surface area contributed by atoms with Crippen molar-refractivity contribution in [3.63, 3.8) is 0 Å². The van der Waals surface area contributed by atoms with Gasteiger partial charge in [-0.25, -0.2) is 0 Å². The first-order valence-corrected chi connectivity index (χ1v) is 4.65. The summed E-state index contributed by atoms with van der Waals surface area (Å²) in [4.78, 5) is 4.07. The van der Waals surface area contributed by atoms with Crippen molar-refractivity contribution < 1.29 is 37.4 Å². The van der Waals surface area contributed by atoms with Gasteiger partial charge in [-0.2, -0.15) is 6.07 Å². The third-order valence-corrected chi connectivity index (χ3v) is 1.79. The second-order valence-electron chi connectivity index (χ2n) is 3.33. The zero-order chi connectivity index (χ0) is 11.3. The molecule has 0 saturated heterocycles.